The Morgan fingerprint density at radius 2 is 1.85 bits per heavy atom. The van der Waals surface area contributed by atoms with E-state index < -0.39 is 23.4 Å². The van der Waals surface area contributed by atoms with Crippen LogP contribution in [0.15, 0.2) is 71.2 Å². The summed E-state index contributed by atoms with van der Waals surface area (Å²) in [6, 6.07) is 19.2. The van der Waals surface area contributed by atoms with Gasteiger partial charge in [-0.1, -0.05) is 64.0 Å². The Balaban J connectivity index is 1.57. The number of fused-ring (bicyclic) bond motifs is 2. The first-order valence-electron chi connectivity index (χ1n) is 11.1. The van der Waals surface area contributed by atoms with Crippen LogP contribution in [0.1, 0.15) is 35.1 Å². The molecule has 3 aromatic rings. The maximum absolute atomic E-state index is 13.3. The van der Waals surface area contributed by atoms with Crippen LogP contribution in [0.5, 0.6) is 5.75 Å². The Morgan fingerprint density at radius 3 is 2.59 bits per heavy atom. The van der Waals surface area contributed by atoms with Crippen LogP contribution < -0.4 is 15.4 Å². The lowest BCUT2D eigenvalue weighted by molar-refractivity contribution is -0.532. The van der Waals surface area contributed by atoms with Crippen LogP contribution in [0.4, 0.5) is 5.69 Å². The molecule has 0 saturated carbocycles. The summed E-state index contributed by atoms with van der Waals surface area (Å²) in [6.07, 6.45) is 0. The van der Waals surface area contributed by atoms with Crippen LogP contribution in [0.3, 0.4) is 0 Å². The Morgan fingerprint density at radius 1 is 1.12 bits per heavy atom. The number of anilines is 1. The second-order valence-electron chi connectivity index (χ2n) is 8.95. The van der Waals surface area contributed by atoms with Gasteiger partial charge >= 0.3 is 0 Å². The van der Waals surface area contributed by atoms with E-state index in [1.807, 2.05) is 56.3 Å². The van der Waals surface area contributed by atoms with E-state index in [-0.39, 0.29) is 11.0 Å². The third-order valence-corrected chi connectivity index (χ3v) is 7.30. The van der Waals surface area contributed by atoms with Gasteiger partial charge in [0.1, 0.15) is 12.4 Å². The number of carbonyl (C=O) groups excluding carboxylic acids is 1. The second kappa shape index (κ2) is 8.52. The fraction of sp³-hybridized carbons (Fsp3) is 0.269. The number of aryl methyl sites for hydroxylation is 1. The first kappa shape index (κ1) is 22.6. The number of nitro groups is 1. The van der Waals surface area contributed by atoms with Crippen LogP contribution in [0.25, 0.3) is 0 Å². The maximum atomic E-state index is 13.3. The van der Waals surface area contributed by atoms with E-state index in [9.17, 15) is 14.9 Å². The number of hydrogen-bond acceptors (Lipinski definition) is 5. The molecule has 7 nitrogen and oxygen atoms in total. The van der Waals surface area contributed by atoms with Crippen molar-refractivity contribution in [3.63, 3.8) is 0 Å². The molecule has 3 aromatic carbocycles. The summed E-state index contributed by atoms with van der Waals surface area (Å²) in [4.78, 5) is 25.5. The third-order valence-electron chi connectivity index (χ3n) is 6.81. The van der Waals surface area contributed by atoms with Gasteiger partial charge in [-0.25, -0.2) is 0 Å². The summed E-state index contributed by atoms with van der Waals surface area (Å²) in [5.41, 5.74) is 2.60. The van der Waals surface area contributed by atoms with Gasteiger partial charge in [0.25, 0.3) is 11.9 Å². The summed E-state index contributed by atoms with van der Waals surface area (Å²) in [5.74, 6) is -0.433. The fourth-order valence-electron chi connectivity index (χ4n) is 5.28. The van der Waals surface area contributed by atoms with Crippen molar-refractivity contribution in [1.82, 2.24) is 5.32 Å². The van der Waals surface area contributed by atoms with E-state index in [0.717, 1.165) is 15.6 Å². The topological polar surface area (TPSA) is 93.5 Å². The van der Waals surface area contributed by atoms with Gasteiger partial charge in [-0.05, 0) is 43.7 Å². The minimum Gasteiger partial charge on any atom is -0.489 e. The lowest BCUT2D eigenvalue weighted by Gasteiger charge is -2.26. The van der Waals surface area contributed by atoms with Crippen LogP contribution in [-0.4, -0.2) is 22.9 Å². The number of nitrogens with one attached hydrogen (secondary N) is 2. The molecular formula is C26H24BrN3O4. The summed E-state index contributed by atoms with van der Waals surface area (Å²) < 4.78 is 6.97. The minimum absolute atomic E-state index is 0.326. The normalized spacial score (nSPS) is 25.3. The summed E-state index contributed by atoms with van der Waals surface area (Å²) in [5, 5.41) is 18.7. The van der Waals surface area contributed by atoms with Crippen LogP contribution in [0, 0.1) is 17.0 Å². The van der Waals surface area contributed by atoms with E-state index in [1.165, 1.54) is 0 Å². The van der Waals surface area contributed by atoms with Gasteiger partial charge in [-0.2, -0.15) is 0 Å². The molecule has 2 aliphatic rings. The zero-order valence-electron chi connectivity index (χ0n) is 18.7. The molecule has 0 radical (unpaired) electrons. The largest absolute Gasteiger partial charge is 0.489 e. The minimum atomic E-state index is -1.46. The molecule has 1 spiro atoms. The Kier molecular flexibility index (Phi) is 5.65. The summed E-state index contributed by atoms with van der Waals surface area (Å²) >= 11 is 3.51. The molecule has 8 heteroatoms. The molecule has 0 aromatic heterocycles. The number of amides is 1. The highest BCUT2D eigenvalue weighted by atomic mass is 79.9. The smallest absolute Gasteiger partial charge is 0.256 e. The lowest BCUT2D eigenvalue weighted by atomic mass is 9.78. The quantitative estimate of drug-likeness (QED) is 0.367. The van der Waals surface area contributed by atoms with Crippen molar-refractivity contribution in [2.75, 3.05) is 5.32 Å². The number of para-hydroxylation sites is 1. The zero-order valence-corrected chi connectivity index (χ0v) is 20.3. The molecule has 34 heavy (non-hydrogen) atoms. The first-order chi connectivity index (χ1) is 16.3. The second-order valence-corrected chi connectivity index (χ2v) is 9.87. The van der Waals surface area contributed by atoms with Crippen molar-refractivity contribution >= 4 is 27.5 Å². The molecule has 1 fully saturated rings. The number of ether oxygens (including phenoxy) is 1. The molecule has 0 unspecified atom stereocenters. The van der Waals surface area contributed by atoms with Gasteiger partial charge in [-0.3, -0.25) is 20.2 Å². The third kappa shape index (κ3) is 3.58. The van der Waals surface area contributed by atoms with Crippen molar-refractivity contribution < 1.29 is 14.5 Å². The van der Waals surface area contributed by atoms with Crippen molar-refractivity contribution in [3.8, 4) is 5.75 Å². The van der Waals surface area contributed by atoms with Crippen LogP contribution >= 0.6 is 15.9 Å². The van der Waals surface area contributed by atoms with Gasteiger partial charge in [0.2, 0.25) is 0 Å². The van der Waals surface area contributed by atoms with Gasteiger partial charge in [0.15, 0.2) is 5.54 Å². The summed E-state index contributed by atoms with van der Waals surface area (Å²) in [6.45, 7) is 4.24. The highest BCUT2D eigenvalue weighted by Gasteiger charge is 2.68. The molecule has 1 amide bonds. The number of rotatable bonds is 5. The van der Waals surface area contributed by atoms with Gasteiger partial charge < -0.3 is 10.1 Å². The van der Waals surface area contributed by atoms with E-state index in [1.54, 1.807) is 24.3 Å². The van der Waals surface area contributed by atoms with Gasteiger partial charge in [0.05, 0.1) is 5.92 Å². The van der Waals surface area contributed by atoms with E-state index >= 15 is 0 Å². The fourth-order valence-corrected chi connectivity index (χ4v) is 5.66. The maximum Gasteiger partial charge on any atom is 0.256 e. The number of benzene rings is 3. The molecule has 5 rings (SSSR count). The SMILES string of the molecule is Cc1ccc(COc2ccc(Br)cc2[C@@H]2[C@H](C)N[C@@]3(C(=O)Nc4ccccc43)[C@@H]2[N+](=O)[O-])cc1. The molecule has 2 aliphatic heterocycles. The van der Waals surface area contributed by atoms with Gasteiger partial charge in [0, 0.05) is 32.3 Å². The van der Waals surface area contributed by atoms with E-state index in [4.69, 9.17) is 4.74 Å². The number of hydrogen-bond donors (Lipinski definition) is 2. The van der Waals surface area contributed by atoms with E-state index in [0.29, 0.717) is 29.2 Å². The van der Waals surface area contributed by atoms with Crippen molar-refractivity contribution in [2.45, 2.75) is 44.0 Å². The average molecular weight is 522 g/mol. The number of nitrogens with zero attached hydrogens (tertiary/aromatic N) is 1. The predicted octanol–water partition coefficient (Wildman–Crippen LogP) is 4.90. The highest BCUT2D eigenvalue weighted by molar-refractivity contribution is 9.10. The first-order valence-corrected chi connectivity index (χ1v) is 11.9. The molecular weight excluding hydrogens is 498 g/mol. The molecule has 2 heterocycles. The Labute approximate surface area is 205 Å². The summed E-state index contributed by atoms with van der Waals surface area (Å²) in [7, 11) is 0. The molecule has 174 valence electrons. The monoisotopic (exact) mass is 521 g/mol. The average Bonchev–Trinajstić information content (AvgIpc) is 3.27. The van der Waals surface area contributed by atoms with Crippen LogP contribution in [0.2, 0.25) is 0 Å². The molecule has 0 bridgehead atoms. The predicted molar refractivity (Wildman–Crippen MR) is 133 cm³/mol. The number of carbonyl (C=O) groups is 1. The zero-order chi connectivity index (χ0) is 24.0. The van der Waals surface area contributed by atoms with E-state index in [2.05, 4.69) is 26.6 Å². The van der Waals surface area contributed by atoms with Crippen molar-refractivity contribution in [1.29, 1.82) is 0 Å². The van der Waals surface area contributed by atoms with Crippen molar-refractivity contribution in [3.05, 3.63) is 104 Å². The Bertz CT molecular complexity index is 1280. The standard InChI is InChI=1S/C26H24BrN3O4/c1-15-7-9-17(10-8-15)14-34-22-12-11-18(27)13-19(22)23-16(2)29-26(24(23)30(32)33)20-5-3-4-6-21(20)28-25(26)31/h3-13,16,23-24,29H,14H2,1-2H3,(H,28,31)/t16-,23-,24+,26+/m0/s1. The molecule has 4 atom stereocenters. The molecule has 2 N–H and O–H groups in total. The van der Waals surface area contributed by atoms with Crippen molar-refractivity contribution in [2.24, 2.45) is 0 Å². The van der Waals surface area contributed by atoms with Gasteiger partial charge in [-0.15, -0.1) is 0 Å². The molecule has 1 saturated heterocycles. The molecule has 0 aliphatic carbocycles. The lowest BCUT2D eigenvalue weighted by Crippen LogP contribution is -2.54. The number of halogens is 1. The Hall–Kier alpha value is -3.23. The van der Waals surface area contributed by atoms with Crippen LogP contribution in [-0.2, 0) is 16.9 Å². The highest BCUT2D eigenvalue weighted by Crippen LogP contribution is 2.51.